The highest BCUT2D eigenvalue weighted by Crippen LogP contribution is 2.36. The summed E-state index contributed by atoms with van der Waals surface area (Å²) in [4.78, 5) is 0. The van der Waals surface area contributed by atoms with E-state index in [2.05, 4.69) is 45.7 Å². The van der Waals surface area contributed by atoms with E-state index in [1.165, 1.54) is 12.8 Å². The predicted molar refractivity (Wildman–Crippen MR) is 83.8 cm³/mol. The van der Waals surface area contributed by atoms with Gasteiger partial charge in [-0.2, -0.15) is 0 Å². The third kappa shape index (κ3) is 4.34. The zero-order chi connectivity index (χ0) is 13.6. The summed E-state index contributed by atoms with van der Waals surface area (Å²) in [5, 5.41) is 0.937. The van der Waals surface area contributed by atoms with Crippen molar-refractivity contribution in [1.29, 1.82) is 0 Å². The van der Waals surface area contributed by atoms with Crippen LogP contribution >= 0.6 is 31.9 Å². The van der Waals surface area contributed by atoms with Gasteiger partial charge in [-0.15, -0.1) is 0 Å². The van der Waals surface area contributed by atoms with Gasteiger partial charge in [0.2, 0.25) is 0 Å². The molecule has 0 N–H and O–H groups in total. The molecule has 1 aromatic carbocycles. The van der Waals surface area contributed by atoms with Gasteiger partial charge >= 0.3 is 0 Å². The van der Waals surface area contributed by atoms with Gasteiger partial charge in [0.25, 0.3) is 0 Å². The molecular formula is C15H21Br2F. The van der Waals surface area contributed by atoms with Crippen LogP contribution in [-0.2, 0) is 6.42 Å². The maximum Gasteiger partial charge on any atom is 0.127 e. The molecule has 3 heteroatoms. The van der Waals surface area contributed by atoms with E-state index < -0.39 is 0 Å². The normalized spacial score (nSPS) is 14.5. The van der Waals surface area contributed by atoms with E-state index in [0.29, 0.717) is 0 Å². The molecule has 102 valence electrons. The number of rotatable bonds is 7. The minimum absolute atomic E-state index is 0.0975. The van der Waals surface area contributed by atoms with E-state index in [1.54, 1.807) is 6.07 Å². The molecule has 0 aliphatic rings. The molecule has 0 saturated carbocycles. The van der Waals surface area contributed by atoms with Crippen molar-refractivity contribution in [3.05, 3.63) is 34.1 Å². The van der Waals surface area contributed by atoms with Gasteiger partial charge in [-0.05, 0) is 42.4 Å². The maximum absolute atomic E-state index is 13.9. The summed E-state index contributed by atoms with van der Waals surface area (Å²) < 4.78 is 14.7. The largest absolute Gasteiger partial charge is 0.207 e. The Morgan fingerprint density at radius 2 is 2.00 bits per heavy atom. The van der Waals surface area contributed by atoms with Gasteiger partial charge in [-0.1, -0.05) is 64.6 Å². The zero-order valence-corrected chi connectivity index (χ0v) is 14.3. The SMILES string of the molecule is CCCCC(CC)(CBr)Cc1ccc(Br)cc1F. The molecule has 1 rings (SSSR count). The molecule has 0 radical (unpaired) electrons. The molecule has 0 heterocycles. The van der Waals surface area contributed by atoms with Crippen molar-refractivity contribution < 1.29 is 4.39 Å². The van der Waals surface area contributed by atoms with E-state index >= 15 is 0 Å². The van der Waals surface area contributed by atoms with Gasteiger partial charge in [-0.3, -0.25) is 0 Å². The Labute approximate surface area is 127 Å². The molecular weight excluding hydrogens is 359 g/mol. The summed E-state index contributed by atoms with van der Waals surface area (Å²) >= 11 is 6.93. The molecule has 0 spiro atoms. The molecule has 0 amide bonds. The maximum atomic E-state index is 13.9. The number of hydrogen-bond acceptors (Lipinski definition) is 0. The van der Waals surface area contributed by atoms with Crippen molar-refractivity contribution in [2.45, 2.75) is 46.0 Å². The van der Waals surface area contributed by atoms with Gasteiger partial charge in [0, 0.05) is 9.80 Å². The summed E-state index contributed by atoms with van der Waals surface area (Å²) in [7, 11) is 0. The van der Waals surface area contributed by atoms with Crippen LogP contribution in [0.25, 0.3) is 0 Å². The lowest BCUT2D eigenvalue weighted by molar-refractivity contribution is 0.280. The quantitative estimate of drug-likeness (QED) is 0.501. The first kappa shape index (κ1) is 16.2. The fourth-order valence-electron chi connectivity index (χ4n) is 2.22. The van der Waals surface area contributed by atoms with Crippen molar-refractivity contribution in [3.8, 4) is 0 Å². The lowest BCUT2D eigenvalue weighted by Crippen LogP contribution is -2.25. The average Bonchev–Trinajstić information content (AvgIpc) is 2.37. The lowest BCUT2D eigenvalue weighted by Gasteiger charge is -2.31. The Hall–Kier alpha value is 0.110. The van der Waals surface area contributed by atoms with E-state index in [-0.39, 0.29) is 11.2 Å². The van der Waals surface area contributed by atoms with Crippen LogP contribution < -0.4 is 0 Å². The molecule has 1 aromatic rings. The van der Waals surface area contributed by atoms with Crippen LogP contribution in [0, 0.1) is 11.2 Å². The second kappa shape index (κ2) is 7.64. The van der Waals surface area contributed by atoms with Gasteiger partial charge in [-0.25, -0.2) is 4.39 Å². The molecule has 0 fully saturated rings. The highest BCUT2D eigenvalue weighted by molar-refractivity contribution is 9.10. The Bertz CT molecular complexity index is 373. The molecule has 0 nitrogen and oxygen atoms in total. The van der Waals surface area contributed by atoms with Crippen LogP contribution in [0.1, 0.15) is 45.1 Å². The van der Waals surface area contributed by atoms with Crippen LogP contribution in [0.3, 0.4) is 0 Å². The van der Waals surface area contributed by atoms with E-state index in [0.717, 1.165) is 34.6 Å². The second-order valence-corrected chi connectivity index (χ2v) is 6.48. The van der Waals surface area contributed by atoms with Gasteiger partial charge < -0.3 is 0 Å². The summed E-state index contributed by atoms with van der Waals surface area (Å²) in [5.41, 5.74) is 1.01. The molecule has 0 aromatic heterocycles. The van der Waals surface area contributed by atoms with Gasteiger partial charge in [0.1, 0.15) is 5.82 Å². The van der Waals surface area contributed by atoms with Crippen molar-refractivity contribution in [3.63, 3.8) is 0 Å². The predicted octanol–water partition coefficient (Wildman–Crippen LogP) is 6.11. The summed E-state index contributed by atoms with van der Waals surface area (Å²) in [6.45, 7) is 4.41. The first-order valence-corrected chi connectivity index (χ1v) is 8.48. The van der Waals surface area contributed by atoms with Crippen molar-refractivity contribution in [2.24, 2.45) is 5.41 Å². The highest BCUT2D eigenvalue weighted by Gasteiger charge is 2.27. The van der Waals surface area contributed by atoms with Crippen LogP contribution in [0.2, 0.25) is 0 Å². The number of alkyl halides is 1. The lowest BCUT2D eigenvalue weighted by atomic mass is 9.77. The Kier molecular flexibility index (Phi) is 6.86. The first-order valence-electron chi connectivity index (χ1n) is 6.57. The molecule has 18 heavy (non-hydrogen) atoms. The molecule has 0 saturated heterocycles. The summed E-state index contributed by atoms with van der Waals surface area (Å²) in [6, 6.07) is 5.38. The summed E-state index contributed by atoms with van der Waals surface area (Å²) in [5.74, 6) is -0.0975. The number of unbranched alkanes of at least 4 members (excludes halogenated alkanes) is 1. The average molecular weight is 380 g/mol. The Morgan fingerprint density at radius 3 is 2.50 bits per heavy atom. The standard InChI is InChI=1S/C15H21Br2F/c1-3-5-8-15(4-2,11-16)10-12-6-7-13(17)9-14(12)18/h6-7,9H,3-5,8,10-11H2,1-2H3. The van der Waals surface area contributed by atoms with Crippen molar-refractivity contribution in [2.75, 3.05) is 5.33 Å². The fraction of sp³-hybridized carbons (Fsp3) is 0.600. The molecule has 1 unspecified atom stereocenters. The van der Waals surface area contributed by atoms with E-state index in [4.69, 9.17) is 0 Å². The molecule has 0 aliphatic carbocycles. The second-order valence-electron chi connectivity index (χ2n) is 5.00. The van der Waals surface area contributed by atoms with Gasteiger partial charge in [0.05, 0.1) is 0 Å². The van der Waals surface area contributed by atoms with Crippen LogP contribution in [0.4, 0.5) is 4.39 Å². The minimum Gasteiger partial charge on any atom is -0.207 e. The topological polar surface area (TPSA) is 0 Å². The Balaban J connectivity index is 2.88. The third-order valence-corrected chi connectivity index (χ3v) is 5.36. The van der Waals surface area contributed by atoms with E-state index in [1.807, 2.05) is 12.1 Å². The molecule has 1 atom stereocenters. The molecule has 0 aliphatic heterocycles. The van der Waals surface area contributed by atoms with Crippen molar-refractivity contribution in [1.82, 2.24) is 0 Å². The van der Waals surface area contributed by atoms with Gasteiger partial charge in [0.15, 0.2) is 0 Å². The number of benzene rings is 1. The van der Waals surface area contributed by atoms with Crippen LogP contribution in [0.15, 0.2) is 22.7 Å². The highest BCUT2D eigenvalue weighted by atomic mass is 79.9. The zero-order valence-electron chi connectivity index (χ0n) is 11.1. The number of halogens is 3. The Morgan fingerprint density at radius 1 is 1.28 bits per heavy atom. The first-order chi connectivity index (χ1) is 8.56. The third-order valence-electron chi connectivity index (χ3n) is 3.67. The number of hydrogen-bond donors (Lipinski definition) is 0. The smallest absolute Gasteiger partial charge is 0.127 e. The summed E-state index contributed by atoms with van der Waals surface area (Å²) in [6.07, 6.45) is 5.44. The van der Waals surface area contributed by atoms with Crippen LogP contribution in [0.5, 0.6) is 0 Å². The van der Waals surface area contributed by atoms with Crippen LogP contribution in [-0.4, -0.2) is 5.33 Å². The monoisotopic (exact) mass is 378 g/mol. The molecule has 0 bridgehead atoms. The van der Waals surface area contributed by atoms with Crippen molar-refractivity contribution >= 4 is 31.9 Å². The minimum atomic E-state index is -0.0975. The fourth-order valence-corrected chi connectivity index (χ4v) is 3.43. The van der Waals surface area contributed by atoms with E-state index in [9.17, 15) is 4.39 Å².